The van der Waals surface area contributed by atoms with E-state index in [0.29, 0.717) is 17.3 Å². The van der Waals surface area contributed by atoms with Crippen LogP contribution in [0.5, 0.6) is 11.5 Å². The van der Waals surface area contributed by atoms with Gasteiger partial charge < -0.3 is 24.3 Å². The van der Waals surface area contributed by atoms with Crippen LogP contribution in [-0.2, 0) is 15.7 Å². The quantitative estimate of drug-likeness (QED) is 0.594. The molecule has 0 bridgehead atoms. The van der Waals surface area contributed by atoms with Gasteiger partial charge in [-0.3, -0.25) is 4.79 Å². The minimum atomic E-state index is -4.47. The summed E-state index contributed by atoms with van der Waals surface area (Å²) in [5.41, 5.74) is 0.0226. The van der Waals surface area contributed by atoms with Crippen molar-refractivity contribution in [3.05, 3.63) is 53.6 Å². The van der Waals surface area contributed by atoms with Gasteiger partial charge in [-0.2, -0.15) is 13.2 Å². The number of hydrogen-bond acceptors (Lipinski definition) is 8. The lowest BCUT2D eigenvalue weighted by molar-refractivity contribution is -0.137. The second kappa shape index (κ2) is 8.20. The van der Waals surface area contributed by atoms with E-state index in [4.69, 9.17) is 18.9 Å². The van der Waals surface area contributed by atoms with E-state index in [1.54, 1.807) is 16.8 Å². The van der Waals surface area contributed by atoms with Crippen LogP contribution in [0.4, 0.5) is 13.2 Å². The van der Waals surface area contributed by atoms with Crippen molar-refractivity contribution in [2.75, 3.05) is 20.0 Å². The Morgan fingerprint density at radius 2 is 1.77 bits per heavy atom. The largest absolute Gasteiger partial charge is 0.454 e. The van der Waals surface area contributed by atoms with Gasteiger partial charge in [0.2, 0.25) is 6.79 Å². The third kappa shape index (κ3) is 3.86. The number of fused-ring (bicyclic) bond motifs is 2. The van der Waals surface area contributed by atoms with Gasteiger partial charge in [0.05, 0.1) is 24.8 Å². The molecular weight excluding hydrogens is 471 g/mol. The van der Waals surface area contributed by atoms with E-state index >= 15 is 0 Å². The van der Waals surface area contributed by atoms with Crippen LogP contribution in [0.2, 0.25) is 0 Å². The smallest absolute Gasteiger partial charge is 0.416 e. The normalized spacial score (nSPS) is 25.0. The second-order valence-electron chi connectivity index (χ2n) is 8.33. The minimum absolute atomic E-state index is 0.113. The molecule has 1 aromatic heterocycles. The van der Waals surface area contributed by atoms with Crippen molar-refractivity contribution in [1.29, 1.82) is 0 Å². The number of aromatic nitrogens is 4. The van der Waals surface area contributed by atoms with E-state index in [0.717, 1.165) is 29.8 Å². The van der Waals surface area contributed by atoms with Crippen molar-refractivity contribution in [1.82, 2.24) is 25.5 Å². The zero-order chi connectivity index (χ0) is 24.2. The highest BCUT2D eigenvalue weighted by atomic mass is 19.4. The molecule has 35 heavy (non-hydrogen) atoms. The van der Waals surface area contributed by atoms with Crippen molar-refractivity contribution >= 4 is 5.91 Å². The monoisotopic (exact) mass is 489 g/mol. The maximum absolute atomic E-state index is 12.8. The molecule has 0 unspecified atom stereocenters. The first kappa shape index (κ1) is 21.8. The molecule has 182 valence electrons. The Labute approximate surface area is 195 Å². The van der Waals surface area contributed by atoms with Gasteiger partial charge in [0, 0.05) is 11.1 Å². The van der Waals surface area contributed by atoms with Crippen molar-refractivity contribution < 1.29 is 36.9 Å². The van der Waals surface area contributed by atoms with Crippen molar-refractivity contribution in [2.45, 2.75) is 30.5 Å². The Bertz CT molecular complexity index is 1270. The molecule has 0 saturated carbocycles. The topological polar surface area (TPSA) is 110 Å². The van der Waals surface area contributed by atoms with Gasteiger partial charge in [-0.25, -0.2) is 4.68 Å². The van der Waals surface area contributed by atoms with Crippen LogP contribution < -0.4 is 14.8 Å². The van der Waals surface area contributed by atoms with Gasteiger partial charge in [0.25, 0.3) is 5.91 Å². The number of amides is 1. The van der Waals surface area contributed by atoms with Gasteiger partial charge in [0.15, 0.2) is 17.3 Å². The van der Waals surface area contributed by atoms with E-state index in [-0.39, 0.29) is 31.6 Å². The molecular formula is C22H18F3N5O5. The van der Waals surface area contributed by atoms with Crippen LogP contribution >= 0.6 is 0 Å². The van der Waals surface area contributed by atoms with E-state index in [1.807, 2.05) is 6.07 Å². The molecule has 0 radical (unpaired) electrons. The molecule has 2 fully saturated rings. The van der Waals surface area contributed by atoms with Crippen LogP contribution in [0.25, 0.3) is 11.4 Å². The number of carbonyl (C=O) groups is 1. The van der Waals surface area contributed by atoms with Crippen molar-refractivity contribution in [2.24, 2.45) is 0 Å². The minimum Gasteiger partial charge on any atom is -0.454 e. The lowest BCUT2D eigenvalue weighted by Crippen LogP contribution is -2.44. The highest BCUT2D eigenvalue weighted by Gasteiger charge is 2.50. The maximum Gasteiger partial charge on any atom is 0.416 e. The van der Waals surface area contributed by atoms with Crippen molar-refractivity contribution in [3.63, 3.8) is 0 Å². The summed E-state index contributed by atoms with van der Waals surface area (Å²) in [6.07, 6.45) is -5.36. The van der Waals surface area contributed by atoms with Gasteiger partial charge in [-0.1, -0.05) is 0 Å². The van der Waals surface area contributed by atoms with Gasteiger partial charge in [0.1, 0.15) is 18.2 Å². The van der Waals surface area contributed by atoms with Gasteiger partial charge >= 0.3 is 6.18 Å². The zero-order valence-electron chi connectivity index (χ0n) is 17.9. The van der Waals surface area contributed by atoms with Crippen LogP contribution in [0.1, 0.15) is 22.0 Å². The molecule has 2 aromatic carbocycles. The Kier molecular flexibility index (Phi) is 5.11. The molecule has 3 aliphatic rings. The number of tetrazole rings is 1. The summed E-state index contributed by atoms with van der Waals surface area (Å²) in [6, 6.07) is 8.61. The maximum atomic E-state index is 12.8. The molecule has 0 spiro atoms. The Balaban J connectivity index is 1.16. The summed E-state index contributed by atoms with van der Waals surface area (Å²) >= 11 is 0. The standard InChI is InChI=1S/C22H18F3N5O5/c23-22(24,25)13-4-1-11(2-5-13)21(31)26-14-8-32-19-15(9-33-18(14)19)30-20(27-28-29-30)12-3-6-16-17(7-12)35-10-34-16/h1-7,14-15,18-19H,8-10H2,(H,26,31)/t14-,15-,18+,19+/m0/s1. The molecule has 4 atom stereocenters. The van der Waals surface area contributed by atoms with Gasteiger partial charge in [-0.05, 0) is 52.9 Å². The molecule has 1 amide bonds. The van der Waals surface area contributed by atoms with Crippen LogP contribution in [0.15, 0.2) is 42.5 Å². The highest BCUT2D eigenvalue weighted by Crippen LogP contribution is 2.38. The zero-order valence-corrected chi connectivity index (χ0v) is 17.9. The summed E-state index contributed by atoms with van der Waals surface area (Å²) in [5, 5.41) is 14.9. The summed E-state index contributed by atoms with van der Waals surface area (Å²) in [5.74, 6) is 1.23. The Morgan fingerprint density at radius 1 is 1.00 bits per heavy atom. The molecule has 4 heterocycles. The molecule has 0 aliphatic carbocycles. The van der Waals surface area contributed by atoms with Gasteiger partial charge in [-0.15, -0.1) is 5.10 Å². The summed E-state index contributed by atoms with van der Waals surface area (Å²) in [6.45, 7) is 0.585. The fourth-order valence-electron chi connectivity index (χ4n) is 4.52. The van der Waals surface area contributed by atoms with E-state index in [1.165, 1.54) is 0 Å². The van der Waals surface area contributed by atoms with E-state index in [9.17, 15) is 18.0 Å². The average molecular weight is 489 g/mol. The predicted molar refractivity (Wildman–Crippen MR) is 111 cm³/mol. The molecule has 3 aliphatic heterocycles. The number of ether oxygens (including phenoxy) is 4. The fourth-order valence-corrected chi connectivity index (χ4v) is 4.52. The van der Waals surface area contributed by atoms with Crippen LogP contribution in [0.3, 0.4) is 0 Å². The molecule has 6 rings (SSSR count). The summed E-state index contributed by atoms with van der Waals surface area (Å²) in [7, 11) is 0. The third-order valence-electron chi connectivity index (χ3n) is 6.26. The molecule has 3 aromatic rings. The number of alkyl halides is 3. The lowest BCUT2D eigenvalue weighted by Gasteiger charge is -2.18. The fraction of sp³-hybridized carbons (Fsp3) is 0.364. The Morgan fingerprint density at radius 3 is 2.57 bits per heavy atom. The molecule has 2 saturated heterocycles. The lowest BCUT2D eigenvalue weighted by atomic mass is 10.0. The SMILES string of the molecule is O=C(N[C@H]1CO[C@H]2[C@@H]1OC[C@@H]2n1nnnc1-c1ccc2c(c1)OCO2)c1ccc(C(F)(F)F)cc1. The number of nitrogens with one attached hydrogen (secondary N) is 1. The van der Waals surface area contributed by atoms with Crippen molar-refractivity contribution in [3.8, 4) is 22.9 Å². The third-order valence-corrected chi connectivity index (χ3v) is 6.26. The Hall–Kier alpha value is -3.71. The molecule has 10 nitrogen and oxygen atoms in total. The van der Waals surface area contributed by atoms with Crippen LogP contribution in [-0.4, -0.2) is 64.4 Å². The number of carbonyl (C=O) groups excluding carboxylic acids is 1. The second-order valence-corrected chi connectivity index (χ2v) is 8.33. The number of benzene rings is 2. The number of halogens is 3. The molecule has 13 heteroatoms. The first-order chi connectivity index (χ1) is 16.9. The summed E-state index contributed by atoms with van der Waals surface area (Å²) < 4.78 is 62.6. The average Bonchev–Trinajstić information content (AvgIpc) is 3.62. The predicted octanol–water partition coefficient (Wildman–Crippen LogP) is 2.22. The van der Waals surface area contributed by atoms with Crippen LogP contribution in [0, 0.1) is 0 Å². The van der Waals surface area contributed by atoms with E-state index in [2.05, 4.69) is 20.8 Å². The highest BCUT2D eigenvalue weighted by molar-refractivity contribution is 5.94. The first-order valence-corrected chi connectivity index (χ1v) is 10.8. The molecule has 1 N–H and O–H groups in total. The number of hydrogen-bond donors (Lipinski definition) is 1. The number of rotatable bonds is 4. The first-order valence-electron chi connectivity index (χ1n) is 10.8. The number of nitrogens with zero attached hydrogens (tertiary/aromatic N) is 4. The summed E-state index contributed by atoms with van der Waals surface area (Å²) in [4.78, 5) is 12.6. The van der Waals surface area contributed by atoms with E-state index < -0.39 is 35.9 Å².